The first-order chi connectivity index (χ1) is 14.9. The third-order valence-electron chi connectivity index (χ3n) is 7.71. The number of rotatable bonds is 2. The minimum absolute atomic E-state index is 0.0459. The Morgan fingerprint density at radius 2 is 1.94 bits per heavy atom. The molecule has 2 spiro atoms. The van der Waals surface area contributed by atoms with Crippen LogP contribution >= 0.6 is 0 Å². The number of pyridine rings is 1. The van der Waals surface area contributed by atoms with Crippen LogP contribution in [-0.2, 0) is 21.4 Å². The van der Waals surface area contributed by atoms with Gasteiger partial charge in [-0.3, -0.25) is 4.98 Å². The zero-order chi connectivity index (χ0) is 21.8. The predicted octanol–water partition coefficient (Wildman–Crippen LogP) is 3.78. The second kappa shape index (κ2) is 7.06. The summed E-state index contributed by atoms with van der Waals surface area (Å²) in [6.07, 6.45) is 6.64. The first-order valence-electron chi connectivity index (χ1n) is 10.9. The molecule has 2 aromatic rings. The molecule has 0 saturated heterocycles. The van der Waals surface area contributed by atoms with E-state index in [9.17, 15) is 5.26 Å². The summed E-state index contributed by atoms with van der Waals surface area (Å²) in [5.74, 6) is 0.848. The Kier molecular flexibility index (Phi) is 4.56. The topological polar surface area (TPSA) is 93.5 Å². The van der Waals surface area contributed by atoms with Crippen LogP contribution in [-0.4, -0.2) is 30.8 Å². The normalized spacial score (nSPS) is 33.7. The fourth-order valence-electron chi connectivity index (χ4n) is 6.65. The number of benzene rings is 1. The first-order valence-corrected chi connectivity index (χ1v) is 10.9. The van der Waals surface area contributed by atoms with E-state index in [1.54, 1.807) is 12.4 Å². The molecule has 2 unspecified atom stereocenters. The summed E-state index contributed by atoms with van der Waals surface area (Å²) in [6.45, 7) is 5.05. The van der Waals surface area contributed by atoms with E-state index in [0.29, 0.717) is 24.0 Å². The summed E-state index contributed by atoms with van der Waals surface area (Å²) < 4.78 is 11.7. The van der Waals surface area contributed by atoms with Crippen molar-refractivity contribution in [1.82, 2.24) is 4.98 Å². The maximum absolute atomic E-state index is 9.27. The van der Waals surface area contributed by atoms with Crippen molar-refractivity contribution in [2.45, 2.75) is 44.8 Å². The van der Waals surface area contributed by atoms with E-state index in [1.807, 2.05) is 13.2 Å². The van der Waals surface area contributed by atoms with Gasteiger partial charge in [-0.2, -0.15) is 5.26 Å². The molecule has 2 heterocycles. The van der Waals surface area contributed by atoms with Gasteiger partial charge in [0.1, 0.15) is 18.2 Å². The van der Waals surface area contributed by atoms with Crippen molar-refractivity contribution >= 4 is 6.02 Å². The second-order valence-corrected chi connectivity index (χ2v) is 9.57. The molecular formula is C25H28N4O2. The SMILES string of the molecule is COC1[C@H](C)CC2(Cc3ccc(-c4cncc(C#N)c4)cc3[C@@]23COC(N)=N3)C[C@@H]1C. The molecule has 6 heteroatoms. The lowest BCUT2D eigenvalue weighted by molar-refractivity contribution is -0.0779. The van der Waals surface area contributed by atoms with Crippen LogP contribution in [0, 0.1) is 28.6 Å². The third-order valence-corrected chi connectivity index (χ3v) is 7.71. The molecule has 6 nitrogen and oxygen atoms in total. The van der Waals surface area contributed by atoms with E-state index in [-0.39, 0.29) is 17.5 Å². The number of aromatic nitrogens is 1. The Bertz CT molecular complexity index is 1090. The maximum Gasteiger partial charge on any atom is 0.283 e. The number of ether oxygens (including phenoxy) is 2. The Morgan fingerprint density at radius 3 is 2.58 bits per heavy atom. The minimum atomic E-state index is -0.482. The van der Waals surface area contributed by atoms with Gasteiger partial charge in [0.2, 0.25) is 0 Å². The van der Waals surface area contributed by atoms with E-state index in [0.717, 1.165) is 30.4 Å². The molecule has 160 valence electrons. The van der Waals surface area contributed by atoms with Gasteiger partial charge in [-0.25, -0.2) is 4.99 Å². The number of nitriles is 1. The molecular weight excluding hydrogens is 388 g/mol. The van der Waals surface area contributed by atoms with Crippen molar-refractivity contribution in [2.75, 3.05) is 13.7 Å². The molecule has 1 aliphatic heterocycles. The van der Waals surface area contributed by atoms with E-state index < -0.39 is 5.54 Å². The smallest absolute Gasteiger partial charge is 0.283 e. The standard InChI is InChI=1S/C25H28N4O2/c1-15-8-24(9-16(2)22(15)30-3)10-19-5-4-18(20-6-17(11-26)12-28-13-20)7-21(19)25(24)14-31-23(27)29-25/h4-7,12-13,15-16,22H,8-10,14H2,1-3H3,(H2,27,29)/t15-,16+,22?,24?,25-/m0/s1. The lowest BCUT2D eigenvalue weighted by Crippen LogP contribution is -2.51. The van der Waals surface area contributed by atoms with E-state index in [1.165, 1.54) is 11.1 Å². The van der Waals surface area contributed by atoms with E-state index in [4.69, 9.17) is 20.2 Å². The zero-order valence-corrected chi connectivity index (χ0v) is 18.3. The van der Waals surface area contributed by atoms with Gasteiger partial charge in [0.05, 0.1) is 11.7 Å². The number of amidine groups is 1. The summed E-state index contributed by atoms with van der Waals surface area (Å²) in [5, 5.41) is 9.27. The summed E-state index contributed by atoms with van der Waals surface area (Å²) in [7, 11) is 1.82. The highest BCUT2D eigenvalue weighted by Crippen LogP contribution is 2.63. The average molecular weight is 417 g/mol. The molecule has 2 N–H and O–H groups in total. The Labute approximate surface area is 183 Å². The largest absolute Gasteiger partial charge is 0.462 e. The number of hydrogen-bond donors (Lipinski definition) is 1. The number of nitrogens with two attached hydrogens (primary N) is 1. The second-order valence-electron chi connectivity index (χ2n) is 9.57. The van der Waals surface area contributed by atoms with Crippen molar-refractivity contribution in [1.29, 1.82) is 5.26 Å². The van der Waals surface area contributed by atoms with Crippen molar-refractivity contribution in [3.63, 3.8) is 0 Å². The van der Waals surface area contributed by atoms with E-state index in [2.05, 4.69) is 43.1 Å². The highest BCUT2D eigenvalue weighted by atomic mass is 16.5. The molecule has 0 amide bonds. The number of methoxy groups -OCH3 is 1. The van der Waals surface area contributed by atoms with Crippen LogP contribution in [0.4, 0.5) is 0 Å². The molecule has 1 aromatic heterocycles. The van der Waals surface area contributed by atoms with Gasteiger partial charge in [0.15, 0.2) is 0 Å². The van der Waals surface area contributed by atoms with Crippen LogP contribution < -0.4 is 5.73 Å². The van der Waals surface area contributed by atoms with Gasteiger partial charge in [-0.05, 0) is 59.9 Å². The summed E-state index contributed by atoms with van der Waals surface area (Å²) in [6, 6.07) is 10.9. The van der Waals surface area contributed by atoms with Gasteiger partial charge < -0.3 is 15.2 Å². The van der Waals surface area contributed by atoms with Crippen LogP contribution in [0.2, 0.25) is 0 Å². The zero-order valence-electron chi connectivity index (χ0n) is 18.3. The number of nitrogens with zero attached hydrogens (tertiary/aromatic N) is 3. The van der Waals surface area contributed by atoms with Gasteiger partial charge in [-0.15, -0.1) is 0 Å². The van der Waals surface area contributed by atoms with Crippen LogP contribution in [0.25, 0.3) is 11.1 Å². The van der Waals surface area contributed by atoms with Gasteiger partial charge in [-0.1, -0.05) is 26.0 Å². The van der Waals surface area contributed by atoms with E-state index >= 15 is 0 Å². The predicted molar refractivity (Wildman–Crippen MR) is 118 cm³/mol. The Hall–Kier alpha value is -2.91. The van der Waals surface area contributed by atoms with Crippen molar-refractivity contribution in [2.24, 2.45) is 28.0 Å². The number of hydrogen-bond acceptors (Lipinski definition) is 6. The molecule has 0 bridgehead atoms. The lowest BCUT2D eigenvalue weighted by atomic mass is 9.57. The van der Waals surface area contributed by atoms with Crippen LogP contribution in [0.3, 0.4) is 0 Å². The van der Waals surface area contributed by atoms with Gasteiger partial charge in [0.25, 0.3) is 6.02 Å². The Balaban J connectivity index is 1.63. The highest BCUT2D eigenvalue weighted by Gasteiger charge is 2.63. The fraction of sp³-hybridized carbons (Fsp3) is 0.480. The van der Waals surface area contributed by atoms with Crippen molar-refractivity contribution in [3.05, 3.63) is 53.3 Å². The molecule has 2 aliphatic carbocycles. The minimum Gasteiger partial charge on any atom is -0.462 e. The summed E-state index contributed by atoms with van der Waals surface area (Å²) >= 11 is 0. The molecule has 3 aliphatic rings. The van der Waals surface area contributed by atoms with Crippen LogP contribution in [0.5, 0.6) is 0 Å². The first kappa shape index (κ1) is 20.0. The van der Waals surface area contributed by atoms with Gasteiger partial charge >= 0.3 is 0 Å². The molecule has 1 fully saturated rings. The number of aliphatic imine (C=N–C) groups is 1. The number of fused-ring (bicyclic) bond motifs is 3. The molecule has 5 rings (SSSR count). The lowest BCUT2D eigenvalue weighted by Gasteiger charge is -2.50. The van der Waals surface area contributed by atoms with Crippen LogP contribution in [0.15, 0.2) is 41.7 Å². The quantitative estimate of drug-likeness (QED) is 0.804. The molecule has 0 radical (unpaired) electrons. The maximum atomic E-state index is 9.27. The molecule has 5 atom stereocenters. The Morgan fingerprint density at radius 1 is 1.16 bits per heavy atom. The fourth-order valence-corrected chi connectivity index (χ4v) is 6.65. The van der Waals surface area contributed by atoms with Crippen LogP contribution in [0.1, 0.15) is 43.4 Å². The molecule has 1 aromatic carbocycles. The summed E-state index contributed by atoms with van der Waals surface area (Å²) in [5.41, 5.74) is 10.6. The van der Waals surface area contributed by atoms with Crippen molar-refractivity contribution < 1.29 is 9.47 Å². The molecule has 31 heavy (non-hydrogen) atoms. The van der Waals surface area contributed by atoms with Crippen molar-refractivity contribution in [3.8, 4) is 17.2 Å². The molecule has 1 saturated carbocycles. The summed E-state index contributed by atoms with van der Waals surface area (Å²) in [4.78, 5) is 9.23. The average Bonchev–Trinajstić information content (AvgIpc) is 3.27. The highest BCUT2D eigenvalue weighted by molar-refractivity contribution is 5.76. The third kappa shape index (κ3) is 2.87. The van der Waals surface area contributed by atoms with Gasteiger partial charge in [0, 0.05) is 30.5 Å². The monoisotopic (exact) mass is 416 g/mol.